The lowest BCUT2D eigenvalue weighted by atomic mass is 9.98. The van der Waals surface area contributed by atoms with E-state index < -0.39 is 5.82 Å². The molecule has 3 heterocycles. The summed E-state index contributed by atoms with van der Waals surface area (Å²) in [6, 6.07) is 4.42. The molecule has 1 aromatic carbocycles. The zero-order valence-electron chi connectivity index (χ0n) is 19.1. The number of piperidine rings is 1. The number of nitrogens with two attached hydrogens (primary N) is 1. The fourth-order valence-electron chi connectivity index (χ4n) is 3.66. The van der Waals surface area contributed by atoms with Crippen LogP contribution in [-0.4, -0.2) is 34.4 Å². The Morgan fingerprint density at radius 3 is 2.71 bits per heavy atom. The van der Waals surface area contributed by atoms with E-state index in [0.29, 0.717) is 17.5 Å². The monoisotopic (exact) mass is 482 g/mol. The van der Waals surface area contributed by atoms with Crippen molar-refractivity contribution in [3.05, 3.63) is 58.1 Å². The second-order valence-corrected chi connectivity index (χ2v) is 9.18. The number of halogens is 1. The molecule has 0 bridgehead atoms. The Bertz CT molecular complexity index is 1140. The molecule has 1 fully saturated rings. The van der Waals surface area contributed by atoms with Gasteiger partial charge in [0.25, 0.3) is 0 Å². The van der Waals surface area contributed by atoms with Gasteiger partial charge in [-0.2, -0.15) is 0 Å². The minimum atomic E-state index is -0.509. The molecule has 0 radical (unpaired) electrons. The number of anilines is 1. The Morgan fingerprint density at radius 1 is 1.26 bits per heavy atom. The number of benzene rings is 1. The van der Waals surface area contributed by atoms with Gasteiger partial charge in [-0.1, -0.05) is 19.1 Å². The maximum Gasteiger partial charge on any atom is 0.225 e. The quantitative estimate of drug-likeness (QED) is 0.156. The molecule has 178 valence electrons. The average Bonchev–Trinajstić information content (AvgIpc) is 3.33. The maximum absolute atomic E-state index is 14.3. The van der Waals surface area contributed by atoms with E-state index in [9.17, 15) is 4.39 Å². The Balaban J connectivity index is 1.29. The molecule has 0 aliphatic carbocycles. The fourth-order valence-corrected chi connectivity index (χ4v) is 4.63. The summed E-state index contributed by atoms with van der Waals surface area (Å²) >= 11 is 1.63. The highest BCUT2D eigenvalue weighted by Gasteiger charge is 2.24. The van der Waals surface area contributed by atoms with Crippen LogP contribution < -0.4 is 15.5 Å². The van der Waals surface area contributed by atoms with Crippen molar-refractivity contribution >= 4 is 29.3 Å². The van der Waals surface area contributed by atoms with Crippen LogP contribution in [0.25, 0.3) is 0 Å². The number of hydrogen-bond acceptors (Lipinski definition) is 8. The molecule has 1 saturated heterocycles. The number of aliphatic imine (C=N–C) groups is 1. The zero-order chi connectivity index (χ0) is 23.9. The van der Waals surface area contributed by atoms with Crippen LogP contribution in [-0.2, 0) is 6.61 Å². The second-order valence-electron chi connectivity index (χ2n) is 8.29. The second kappa shape index (κ2) is 11.1. The maximum atomic E-state index is 14.3. The van der Waals surface area contributed by atoms with Crippen molar-refractivity contribution in [3.63, 3.8) is 0 Å². The zero-order valence-corrected chi connectivity index (χ0v) is 20.0. The van der Waals surface area contributed by atoms with Crippen molar-refractivity contribution < 1.29 is 9.13 Å². The van der Waals surface area contributed by atoms with E-state index in [-0.39, 0.29) is 12.4 Å². The summed E-state index contributed by atoms with van der Waals surface area (Å²) in [4.78, 5) is 20.0. The van der Waals surface area contributed by atoms with Crippen LogP contribution in [0.2, 0.25) is 0 Å². The first-order valence-corrected chi connectivity index (χ1v) is 12.0. The molecule has 1 aliphatic heterocycles. The highest BCUT2D eigenvalue weighted by molar-refractivity contribution is 7.09. The van der Waals surface area contributed by atoms with Gasteiger partial charge < -0.3 is 15.5 Å². The summed E-state index contributed by atoms with van der Waals surface area (Å²) in [5.74, 6) is 6.14. The Hall–Kier alpha value is -3.47. The Morgan fingerprint density at radius 2 is 2.03 bits per heavy atom. The van der Waals surface area contributed by atoms with E-state index in [0.717, 1.165) is 54.5 Å². The molecule has 0 atom stereocenters. The number of aromatic nitrogens is 3. The minimum absolute atomic E-state index is 0.144. The smallest absolute Gasteiger partial charge is 0.225 e. The molecule has 34 heavy (non-hydrogen) atoms. The summed E-state index contributed by atoms with van der Waals surface area (Å²) in [6.07, 6.45) is 6.96. The van der Waals surface area contributed by atoms with Crippen LogP contribution in [0, 0.1) is 5.82 Å². The predicted molar refractivity (Wildman–Crippen MR) is 130 cm³/mol. The predicted octanol–water partition coefficient (Wildman–Crippen LogP) is 5.14. The van der Waals surface area contributed by atoms with E-state index >= 15 is 0 Å². The highest BCUT2D eigenvalue weighted by Crippen LogP contribution is 2.32. The molecule has 2 N–H and O–H groups in total. The highest BCUT2D eigenvalue weighted by atomic mass is 32.1. The third-order valence-electron chi connectivity index (χ3n) is 5.64. The number of rotatable bonds is 8. The summed E-state index contributed by atoms with van der Waals surface area (Å²) < 4.78 is 19.9. The van der Waals surface area contributed by atoms with Gasteiger partial charge in [0.15, 0.2) is 11.6 Å². The van der Waals surface area contributed by atoms with Crippen LogP contribution in [0.1, 0.15) is 54.8 Å². The number of ether oxygens (including phenoxy) is 1. The summed E-state index contributed by atoms with van der Waals surface area (Å²) in [5, 5.41) is 9.53. The van der Waals surface area contributed by atoms with Gasteiger partial charge in [-0.05, 0) is 36.5 Å². The number of thiazole rings is 1. The first-order chi connectivity index (χ1) is 16.5. The minimum Gasteiger partial charge on any atom is -0.484 e. The van der Waals surface area contributed by atoms with Gasteiger partial charge in [0.2, 0.25) is 5.95 Å². The standard InChI is InChI=1S/C23H27FN8OS/c1-15(2)17-10-26-23(27-11-17)32-7-5-16(6-8-32)22-30-19(13-34-22)12-33-21-4-3-18(9-20(21)24)28-14-29-31-25/h3-4,9-11,13-16H,5-8,12H2,1-2H3,(H2,25,28,29). The largest absolute Gasteiger partial charge is 0.484 e. The molecular weight excluding hydrogens is 455 g/mol. The third kappa shape index (κ3) is 5.90. The number of hydrogen-bond donors (Lipinski definition) is 1. The van der Waals surface area contributed by atoms with Gasteiger partial charge in [-0.3, -0.25) is 0 Å². The first-order valence-electron chi connectivity index (χ1n) is 11.1. The molecule has 3 aromatic rings. The van der Waals surface area contributed by atoms with Crippen molar-refractivity contribution in [3.8, 4) is 5.75 Å². The van der Waals surface area contributed by atoms with Crippen molar-refractivity contribution in [1.29, 1.82) is 0 Å². The summed E-state index contributed by atoms with van der Waals surface area (Å²) in [7, 11) is 0. The fraction of sp³-hybridized carbons (Fsp3) is 0.391. The number of nitrogens with zero attached hydrogens (tertiary/aromatic N) is 7. The van der Waals surface area contributed by atoms with Crippen LogP contribution in [0.15, 0.2) is 51.3 Å². The molecule has 0 amide bonds. The average molecular weight is 483 g/mol. The van der Waals surface area contributed by atoms with E-state index in [1.165, 1.54) is 12.1 Å². The molecule has 0 saturated carbocycles. The van der Waals surface area contributed by atoms with Crippen molar-refractivity contribution in [2.45, 2.75) is 45.1 Å². The molecule has 2 aromatic heterocycles. The third-order valence-corrected chi connectivity index (χ3v) is 6.69. The van der Waals surface area contributed by atoms with E-state index in [1.807, 2.05) is 17.8 Å². The van der Waals surface area contributed by atoms with Gasteiger partial charge in [-0.25, -0.2) is 24.3 Å². The first kappa shape index (κ1) is 23.7. The van der Waals surface area contributed by atoms with Crippen LogP contribution in [0.4, 0.5) is 16.0 Å². The van der Waals surface area contributed by atoms with Gasteiger partial charge in [0.05, 0.1) is 16.4 Å². The van der Waals surface area contributed by atoms with Gasteiger partial charge in [-0.15, -0.1) is 16.5 Å². The molecule has 11 heteroatoms. The van der Waals surface area contributed by atoms with Gasteiger partial charge in [0.1, 0.15) is 12.9 Å². The lowest BCUT2D eigenvalue weighted by Crippen LogP contribution is -2.34. The molecule has 1 aliphatic rings. The van der Waals surface area contributed by atoms with Crippen LogP contribution in [0.3, 0.4) is 0 Å². The molecule has 4 rings (SSSR count). The molecule has 0 spiro atoms. The van der Waals surface area contributed by atoms with Crippen molar-refractivity contribution in [2.75, 3.05) is 18.0 Å². The lowest BCUT2D eigenvalue weighted by Gasteiger charge is -2.31. The normalized spacial score (nSPS) is 15.1. The van der Waals surface area contributed by atoms with E-state index in [4.69, 9.17) is 15.6 Å². The van der Waals surface area contributed by atoms with Crippen LogP contribution >= 0.6 is 11.3 Å². The van der Waals surface area contributed by atoms with Crippen LogP contribution in [0.5, 0.6) is 5.75 Å². The Kier molecular flexibility index (Phi) is 7.73. The Labute approximate surface area is 201 Å². The topological polar surface area (TPSA) is 114 Å². The summed E-state index contributed by atoms with van der Waals surface area (Å²) in [6.45, 7) is 6.26. The molecule has 0 unspecified atom stereocenters. The van der Waals surface area contributed by atoms with Gasteiger partial charge >= 0.3 is 0 Å². The van der Waals surface area contributed by atoms with E-state index in [2.05, 4.69) is 44.0 Å². The van der Waals surface area contributed by atoms with Gasteiger partial charge in [0, 0.05) is 42.8 Å². The summed E-state index contributed by atoms with van der Waals surface area (Å²) in [5.41, 5.74) is 2.33. The van der Waals surface area contributed by atoms with E-state index in [1.54, 1.807) is 17.4 Å². The SMILES string of the molecule is CC(C)c1cnc(N2CCC(c3nc(COc4ccc(N=CN=NN)cc4F)cs3)CC2)nc1. The lowest BCUT2D eigenvalue weighted by molar-refractivity contribution is 0.286. The molecular formula is C23H27FN8OS. The van der Waals surface area contributed by atoms with Crippen molar-refractivity contribution in [1.82, 2.24) is 15.0 Å². The molecule has 9 nitrogen and oxygen atoms in total. The van der Waals surface area contributed by atoms with Crippen molar-refractivity contribution in [2.24, 2.45) is 21.2 Å².